The number of ether oxygens (including phenoxy) is 1. The molecule has 0 fully saturated rings. The zero-order valence-electron chi connectivity index (χ0n) is 9.27. The van der Waals surface area contributed by atoms with Gasteiger partial charge in [0.2, 0.25) is 0 Å². The molecule has 0 spiro atoms. The van der Waals surface area contributed by atoms with Gasteiger partial charge in [0, 0.05) is 11.8 Å². The van der Waals surface area contributed by atoms with Gasteiger partial charge in [0.05, 0.1) is 12.7 Å². The average molecular weight is 229 g/mol. The first kappa shape index (κ1) is 11.1. The monoisotopic (exact) mass is 229 g/mol. The lowest BCUT2D eigenvalue weighted by atomic mass is 10.0. The lowest BCUT2D eigenvalue weighted by Gasteiger charge is -2.03. The highest BCUT2D eigenvalue weighted by molar-refractivity contribution is 5.90. The molecule has 4 heteroatoms. The Morgan fingerprint density at radius 3 is 2.76 bits per heavy atom. The van der Waals surface area contributed by atoms with Gasteiger partial charge in [0.15, 0.2) is 0 Å². The summed E-state index contributed by atoms with van der Waals surface area (Å²) in [6, 6.07) is 10.2. The van der Waals surface area contributed by atoms with Gasteiger partial charge in [-0.3, -0.25) is 4.79 Å². The molecule has 0 atom stereocenters. The molecule has 0 radical (unpaired) electrons. The maximum Gasteiger partial charge on any atom is 0.337 e. The zero-order chi connectivity index (χ0) is 12.3. The Hall–Kier alpha value is -2.36. The van der Waals surface area contributed by atoms with Crippen molar-refractivity contribution in [2.75, 3.05) is 7.11 Å². The van der Waals surface area contributed by atoms with E-state index >= 15 is 0 Å². The van der Waals surface area contributed by atoms with Crippen LogP contribution in [0.1, 0.15) is 10.4 Å². The third kappa shape index (κ3) is 2.25. The van der Waals surface area contributed by atoms with Crippen LogP contribution in [-0.4, -0.2) is 18.1 Å². The Balaban J connectivity index is 2.51. The molecule has 0 unspecified atom stereocenters. The second-order valence-corrected chi connectivity index (χ2v) is 3.49. The van der Waals surface area contributed by atoms with Gasteiger partial charge in [-0.2, -0.15) is 0 Å². The maximum atomic E-state index is 11.6. The zero-order valence-corrected chi connectivity index (χ0v) is 9.27. The van der Waals surface area contributed by atoms with Gasteiger partial charge in [0.1, 0.15) is 0 Å². The van der Waals surface area contributed by atoms with Crippen LogP contribution in [-0.2, 0) is 4.74 Å². The molecule has 4 nitrogen and oxygen atoms in total. The lowest BCUT2D eigenvalue weighted by Crippen LogP contribution is -2.08. The standard InChI is InChI=1S/C13H11NO3/c1-17-13(16)10-5-2-4-9(8-10)11-6-3-7-14-12(11)15/h2-8H,1H3,(H,14,15). The van der Waals surface area contributed by atoms with Crippen molar-refractivity contribution in [3.63, 3.8) is 0 Å². The molecule has 1 aromatic heterocycles. The quantitative estimate of drug-likeness (QED) is 0.799. The fourth-order valence-electron chi connectivity index (χ4n) is 1.58. The number of esters is 1. The van der Waals surface area contributed by atoms with Crippen molar-refractivity contribution < 1.29 is 9.53 Å². The molecule has 1 N–H and O–H groups in total. The molecule has 0 saturated heterocycles. The van der Waals surface area contributed by atoms with Gasteiger partial charge in [-0.25, -0.2) is 4.79 Å². The average Bonchev–Trinajstić information content (AvgIpc) is 2.38. The minimum atomic E-state index is -0.417. The highest BCUT2D eigenvalue weighted by Crippen LogP contribution is 2.16. The minimum absolute atomic E-state index is 0.186. The number of rotatable bonds is 2. The van der Waals surface area contributed by atoms with Crippen molar-refractivity contribution in [1.82, 2.24) is 4.98 Å². The predicted molar refractivity (Wildman–Crippen MR) is 63.8 cm³/mol. The summed E-state index contributed by atoms with van der Waals surface area (Å²) >= 11 is 0. The van der Waals surface area contributed by atoms with Gasteiger partial charge < -0.3 is 9.72 Å². The number of aromatic amines is 1. The van der Waals surface area contributed by atoms with E-state index in [9.17, 15) is 9.59 Å². The number of carbonyl (C=O) groups is 1. The minimum Gasteiger partial charge on any atom is -0.465 e. The number of benzene rings is 1. The summed E-state index contributed by atoms with van der Waals surface area (Å²) in [6.07, 6.45) is 1.57. The molecule has 0 aliphatic heterocycles. The molecule has 2 aromatic rings. The normalized spacial score (nSPS) is 9.94. The van der Waals surface area contributed by atoms with Crippen LogP contribution < -0.4 is 5.56 Å². The van der Waals surface area contributed by atoms with Crippen LogP contribution in [0.25, 0.3) is 11.1 Å². The Morgan fingerprint density at radius 2 is 2.06 bits per heavy atom. The van der Waals surface area contributed by atoms with E-state index < -0.39 is 5.97 Å². The van der Waals surface area contributed by atoms with Crippen molar-refractivity contribution in [3.05, 3.63) is 58.5 Å². The summed E-state index contributed by atoms with van der Waals surface area (Å²) < 4.78 is 4.63. The van der Waals surface area contributed by atoms with E-state index in [1.807, 2.05) is 0 Å². The fourth-order valence-corrected chi connectivity index (χ4v) is 1.58. The molecule has 0 bridgehead atoms. The molecule has 0 saturated carbocycles. The Morgan fingerprint density at radius 1 is 1.24 bits per heavy atom. The van der Waals surface area contributed by atoms with E-state index in [1.54, 1.807) is 42.6 Å². The number of hydrogen-bond acceptors (Lipinski definition) is 3. The highest BCUT2D eigenvalue weighted by atomic mass is 16.5. The highest BCUT2D eigenvalue weighted by Gasteiger charge is 2.08. The number of carbonyl (C=O) groups excluding carboxylic acids is 1. The largest absolute Gasteiger partial charge is 0.465 e. The van der Waals surface area contributed by atoms with E-state index in [2.05, 4.69) is 9.72 Å². The van der Waals surface area contributed by atoms with Gasteiger partial charge in [-0.05, 0) is 29.8 Å². The summed E-state index contributed by atoms with van der Waals surface area (Å²) in [4.78, 5) is 25.6. The number of nitrogens with one attached hydrogen (secondary N) is 1. The van der Waals surface area contributed by atoms with Crippen molar-refractivity contribution in [2.24, 2.45) is 0 Å². The number of hydrogen-bond donors (Lipinski definition) is 1. The SMILES string of the molecule is COC(=O)c1cccc(-c2ccc[nH]c2=O)c1. The molecule has 1 heterocycles. The van der Waals surface area contributed by atoms with Crippen molar-refractivity contribution in [1.29, 1.82) is 0 Å². The van der Waals surface area contributed by atoms with E-state index in [0.29, 0.717) is 16.7 Å². The molecule has 86 valence electrons. The van der Waals surface area contributed by atoms with Crippen LogP contribution in [0.5, 0.6) is 0 Å². The topological polar surface area (TPSA) is 59.2 Å². The summed E-state index contributed by atoms with van der Waals surface area (Å²) in [6.45, 7) is 0. The summed E-state index contributed by atoms with van der Waals surface area (Å²) in [5, 5.41) is 0. The number of H-pyrrole nitrogens is 1. The van der Waals surface area contributed by atoms with Gasteiger partial charge >= 0.3 is 5.97 Å². The van der Waals surface area contributed by atoms with Crippen molar-refractivity contribution >= 4 is 5.97 Å². The summed E-state index contributed by atoms with van der Waals surface area (Å²) in [5.74, 6) is -0.417. The Bertz CT molecular complexity index is 601. The smallest absolute Gasteiger partial charge is 0.337 e. The summed E-state index contributed by atoms with van der Waals surface area (Å²) in [7, 11) is 1.32. The molecular formula is C13H11NO3. The Labute approximate surface area is 97.9 Å². The Kier molecular flexibility index (Phi) is 3.05. The van der Waals surface area contributed by atoms with Crippen LogP contribution in [0.4, 0.5) is 0 Å². The summed E-state index contributed by atoms with van der Waals surface area (Å²) in [5.41, 5.74) is 1.45. The van der Waals surface area contributed by atoms with Crippen LogP contribution in [0.15, 0.2) is 47.4 Å². The van der Waals surface area contributed by atoms with E-state index in [0.717, 1.165) is 0 Å². The van der Waals surface area contributed by atoms with Gasteiger partial charge in [0.25, 0.3) is 5.56 Å². The first-order chi connectivity index (χ1) is 8.22. The maximum absolute atomic E-state index is 11.6. The second-order valence-electron chi connectivity index (χ2n) is 3.49. The van der Waals surface area contributed by atoms with Crippen LogP contribution in [0.2, 0.25) is 0 Å². The number of aromatic nitrogens is 1. The molecule has 2 rings (SSSR count). The van der Waals surface area contributed by atoms with Gasteiger partial charge in [-0.1, -0.05) is 12.1 Å². The number of pyridine rings is 1. The third-order valence-corrected chi connectivity index (χ3v) is 2.41. The predicted octanol–water partition coefficient (Wildman–Crippen LogP) is 1.83. The molecule has 0 amide bonds. The molecule has 17 heavy (non-hydrogen) atoms. The van der Waals surface area contributed by atoms with Gasteiger partial charge in [-0.15, -0.1) is 0 Å². The van der Waals surface area contributed by atoms with E-state index in [4.69, 9.17) is 0 Å². The fraction of sp³-hybridized carbons (Fsp3) is 0.0769. The molecule has 0 aliphatic rings. The lowest BCUT2D eigenvalue weighted by molar-refractivity contribution is 0.0601. The molecular weight excluding hydrogens is 218 g/mol. The van der Waals surface area contributed by atoms with Crippen molar-refractivity contribution in [3.8, 4) is 11.1 Å². The third-order valence-electron chi connectivity index (χ3n) is 2.41. The van der Waals surface area contributed by atoms with E-state index in [1.165, 1.54) is 7.11 Å². The number of methoxy groups -OCH3 is 1. The first-order valence-corrected chi connectivity index (χ1v) is 5.09. The van der Waals surface area contributed by atoms with Crippen LogP contribution in [0.3, 0.4) is 0 Å². The van der Waals surface area contributed by atoms with Crippen LogP contribution >= 0.6 is 0 Å². The van der Waals surface area contributed by atoms with Crippen LogP contribution in [0, 0.1) is 0 Å². The molecule has 1 aromatic carbocycles. The van der Waals surface area contributed by atoms with E-state index in [-0.39, 0.29) is 5.56 Å². The van der Waals surface area contributed by atoms with Crippen molar-refractivity contribution in [2.45, 2.75) is 0 Å². The molecule has 0 aliphatic carbocycles. The first-order valence-electron chi connectivity index (χ1n) is 5.09. The second kappa shape index (κ2) is 4.65.